The first-order valence-electron chi connectivity index (χ1n) is 8.84. The molecule has 0 amide bonds. The molecule has 0 aromatic heterocycles. The second-order valence-corrected chi connectivity index (χ2v) is 6.85. The molecule has 0 fully saturated rings. The van der Waals surface area contributed by atoms with E-state index in [9.17, 15) is 5.11 Å². The lowest BCUT2D eigenvalue weighted by Gasteiger charge is -2.17. The van der Waals surface area contributed by atoms with Crippen LogP contribution in [0.4, 0.5) is 0 Å². The molecule has 0 unspecified atom stereocenters. The molecule has 0 spiro atoms. The molecule has 0 atom stereocenters. The third-order valence-electron chi connectivity index (χ3n) is 3.90. The van der Waals surface area contributed by atoms with Gasteiger partial charge in [0.15, 0.2) is 0 Å². The number of phenolic OH excluding ortho intramolecular Hbond substituents is 1. The maximum atomic E-state index is 10.3. The molecule has 7 heteroatoms. The van der Waals surface area contributed by atoms with Crippen LogP contribution in [-0.4, -0.2) is 81.7 Å². The lowest BCUT2D eigenvalue weighted by molar-refractivity contribution is 0.0179. The lowest BCUT2D eigenvalue weighted by atomic mass is 10.1. The number of methoxy groups -OCH3 is 1. The van der Waals surface area contributed by atoms with E-state index in [4.69, 9.17) is 18.9 Å². The highest BCUT2D eigenvalue weighted by Crippen LogP contribution is 2.29. The second kappa shape index (κ2) is 9.75. The number of phenols is 1. The van der Waals surface area contributed by atoms with Crippen molar-refractivity contribution in [2.75, 3.05) is 60.3 Å². The molecular formula is C19H30N2O5. The van der Waals surface area contributed by atoms with Gasteiger partial charge < -0.3 is 29.0 Å². The van der Waals surface area contributed by atoms with Crippen molar-refractivity contribution in [2.45, 2.75) is 19.4 Å². The van der Waals surface area contributed by atoms with Gasteiger partial charge in [-0.2, -0.15) is 0 Å². The summed E-state index contributed by atoms with van der Waals surface area (Å²) in [5.74, 6) is 1.57. The van der Waals surface area contributed by atoms with Crippen molar-refractivity contribution < 1.29 is 24.1 Å². The normalized spacial score (nSPS) is 16.0. The Morgan fingerprint density at radius 1 is 1.08 bits per heavy atom. The third kappa shape index (κ3) is 6.16. The fourth-order valence-electron chi connectivity index (χ4n) is 2.80. The van der Waals surface area contributed by atoms with E-state index in [2.05, 4.69) is 23.7 Å². The Morgan fingerprint density at radius 3 is 2.31 bits per heavy atom. The van der Waals surface area contributed by atoms with Crippen LogP contribution in [-0.2, 0) is 14.2 Å². The molecule has 0 saturated heterocycles. The van der Waals surface area contributed by atoms with Crippen molar-refractivity contribution in [2.24, 2.45) is 4.99 Å². The Kier molecular flexibility index (Phi) is 7.68. The number of aromatic hydroxyl groups is 1. The first-order chi connectivity index (χ1) is 12.4. The molecule has 7 nitrogen and oxygen atoms in total. The molecular weight excluding hydrogens is 336 g/mol. The summed E-state index contributed by atoms with van der Waals surface area (Å²) < 4.78 is 21.2. The number of hydrogen-bond acceptors (Lipinski definition) is 7. The fourth-order valence-corrected chi connectivity index (χ4v) is 2.80. The summed E-state index contributed by atoms with van der Waals surface area (Å²) in [5, 5.41) is 10.3. The van der Waals surface area contributed by atoms with Crippen LogP contribution in [0.5, 0.6) is 11.5 Å². The minimum atomic E-state index is -0.143. The molecule has 26 heavy (non-hydrogen) atoms. The van der Waals surface area contributed by atoms with E-state index in [0.717, 1.165) is 17.9 Å². The number of amidine groups is 1. The summed E-state index contributed by atoms with van der Waals surface area (Å²) in [6.45, 7) is 8.05. The summed E-state index contributed by atoms with van der Waals surface area (Å²) in [6.07, 6.45) is 0. The van der Waals surface area contributed by atoms with Crippen molar-refractivity contribution >= 4 is 5.84 Å². The predicted octanol–water partition coefficient (Wildman–Crippen LogP) is 1.92. The van der Waals surface area contributed by atoms with E-state index in [-0.39, 0.29) is 11.3 Å². The Bertz CT molecular complexity index is 604. The van der Waals surface area contributed by atoms with Crippen molar-refractivity contribution in [3.05, 3.63) is 23.8 Å². The molecule has 1 aromatic rings. The molecule has 1 aliphatic rings. The first kappa shape index (κ1) is 20.5. The number of likely N-dealkylation sites (N-methyl/N-ethyl adjacent to an activating group) is 1. The number of ether oxygens (including phenoxy) is 4. The van der Waals surface area contributed by atoms with Gasteiger partial charge in [0.1, 0.15) is 23.9 Å². The van der Waals surface area contributed by atoms with Gasteiger partial charge in [-0.15, -0.1) is 0 Å². The molecule has 1 N–H and O–H groups in total. The summed E-state index contributed by atoms with van der Waals surface area (Å²) in [5.41, 5.74) is 0.575. The van der Waals surface area contributed by atoms with E-state index < -0.39 is 0 Å². The SMILES string of the molecule is COCCOCCOCCOc1ccc(C2=NC(C)(C)CN2C)c(O)c1. The Hall–Kier alpha value is -1.83. The zero-order valence-corrected chi connectivity index (χ0v) is 16.2. The molecule has 0 radical (unpaired) electrons. The Balaban J connectivity index is 1.74. The first-order valence-corrected chi connectivity index (χ1v) is 8.84. The van der Waals surface area contributed by atoms with E-state index in [1.165, 1.54) is 0 Å². The van der Waals surface area contributed by atoms with E-state index in [1.807, 2.05) is 19.2 Å². The smallest absolute Gasteiger partial charge is 0.135 e. The highest BCUT2D eigenvalue weighted by atomic mass is 16.6. The standard InChI is InChI=1S/C19H30N2O5/c1-19(2)14-21(3)18(20-19)16-6-5-15(13-17(16)22)26-12-11-25-10-9-24-8-7-23-4/h5-6,13,22H,7-12,14H2,1-4H3. The number of nitrogens with zero attached hydrogens (tertiary/aromatic N) is 2. The zero-order valence-electron chi connectivity index (χ0n) is 16.2. The molecule has 2 rings (SSSR count). The average Bonchev–Trinajstić information content (AvgIpc) is 2.86. The van der Waals surface area contributed by atoms with Gasteiger partial charge >= 0.3 is 0 Å². The maximum Gasteiger partial charge on any atom is 0.135 e. The third-order valence-corrected chi connectivity index (χ3v) is 3.90. The van der Waals surface area contributed by atoms with Gasteiger partial charge in [-0.1, -0.05) is 0 Å². The molecule has 0 bridgehead atoms. The van der Waals surface area contributed by atoms with Gasteiger partial charge in [-0.05, 0) is 26.0 Å². The maximum absolute atomic E-state index is 10.3. The van der Waals surface area contributed by atoms with Gasteiger partial charge in [0.05, 0.1) is 44.1 Å². The minimum Gasteiger partial charge on any atom is -0.507 e. The molecule has 1 aromatic carbocycles. The largest absolute Gasteiger partial charge is 0.507 e. The summed E-state index contributed by atoms with van der Waals surface area (Å²) in [7, 11) is 3.62. The van der Waals surface area contributed by atoms with Gasteiger partial charge in [-0.25, -0.2) is 0 Å². The van der Waals surface area contributed by atoms with Gasteiger partial charge in [0.25, 0.3) is 0 Å². The Morgan fingerprint density at radius 2 is 1.73 bits per heavy atom. The molecule has 1 aliphatic heterocycles. The zero-order chi connectivity index (χ0) is 19.0. The second-order valence-electron chi connectivity index (χ2n) is 6.85. The average molecular weight is 366 g/mol. The summed E-state index contributed by atoms with van der Waals surface area (Å²) in [4.78, 5) is 6.74. The highest BCUT2D eigenvalue weighted by Gasteiger charge is 2.30. The van der Waals surface area contributed by atoms with Crippen molar-refractivity contribution in [1.29, 1.82) is 0 Å². The van der Waals surface area contributed by atoms with E-state index in [1.54, 1.807) is 13.2 Å². The van der Waals surface area contributed by atoms with Gasteiger partial charge in [-0.3, -0.25) is 4.99 Å². The minimum absolute atomic E-state index is 0.143. The van der Waals surface area contributed by atoms with Crippen LogP contribution in [0.3, 0.4) is 0 Å². The summed E-state index contributed by atoms with van der Waals surface area (Å²) in [6, 6.07) is 5.29. The predicted molar refractivity (Wildman–Crippen MR) is 100 cm³/mol. The van der Waals surface area contributed by atoms with Crippen LogP contribution >= 0.6 is 0 Å². The molecule has 0 saturated carbocycles. The monoisotopic (exact) mass is 366 g/mol. The van der Waals surface area contributed by atoms with Crippen LogP contribution in [0, 0.1) is 0 Å². The Labute approximate surface area is 155 Å². The molecule has 146 valence electrons. The fraction of sp³-hybridized carbons (Fsp3) is 0.632. The van der Waals surface area contributed by atoms with Crippen molar-refractivity contribution in [3.8, 4) is 11.5 Å². The van der Waals surface area contributed by atoms with Crippen LogP contribution in [0.1, 0.15) is 19.4 Å². The number of hydrogen-bond donors (Lipinski definition) is 1. The van der Waals surface area contributed by atoms with E-state index in [0.29, 0.717) is 45.4 Å². The van der Waals surface area contributed by atoms with Gasteiger partial charge in [0, 0.05) is 26.8 Å². The number of benzene rings is 1. The topological polar surface area (TPSA) is 72.8 Å². The molecule has 0 aliphatic carbocycles. The van der Waals surface area contributed by atoms with E-state index >= 15 is 0 Å². The summed E-state index contributed by atoms with van der Waals surface area (Å²) >= 11 is 0. The van der Waals surface area contributed by atoms with Crippen molar-refractivity contribution in [1.82, 2.24) is 4.90 Å². The quantitative estimate of drug-likeness (QED) is 0.603. The highest BCUT2D eigenvalue weighted by molar-refractivity contribution is 6.02. The van der Waals surface area contributed by atoms with Crippen LogP contribution in [0.25, 0.3) is 0 Å². The van der Waals surface area contributed by atoms with Crippen LogP contribution in [0.2, 0.25) is 0 Å². The van der Waals surface area contributed by atoms with Gasteiger partial charge in [0.2, 0.25) is 0 Å². The molecule has 1 heterocycles. The lowest BCUT2D eigenvalue weighted by Crippen LogP contribution is -2.29. The van der Waals surface area contributed by atoms with Crippen LogP contribution in [0.15, 0.2) is 23.2 Å². The number of aliphatic imine (C=N–C) groups is 1. The number of rotatable bonds is 11. The van der Waals surface area contributed by atoms with Crippen LogP contribution < -0.4 is 4.74 Å². The van der Waals surface area contributed by atoms with Crippen molar-refractivity contribution in [3.63, 3.8) is 0 Å².